The van der Waals surface area contributed by atoms with Crippen LogP contribution in [0.15, 0.2) is 53.8 Å². The Balaban J connectivity index is 1.48. The van der Waals surface area contributed by atoms with Crippen molar-refractivity contribution in [3.8, 4) is 5.75 Å². The molecule has 1 aliphatic heterocycles. The zero-order valence-electron chi connectivity index (χ0n) is 17.1. The number of benzene rings is 1. The summed E-state index contributed by atoms with van der Waals surface area (Å²) in [7, 11) is 2.03. The van der Waals surface area contributed by atoms with E-state index in [2.05, 4.69) is 24.6 Å². The van der Waals surface area contributed by atoms with E-state index in [1.165, 1.54) is 0 Å². The summed E-state index contributed by atoms with van der Waals surface area (Å²) >= 11 is 1.65. The number of phenolic OH excluding ortho intramolecular Hbond substituents is 1. The minimum atomic E-state index is 0.206. The van der Waals surface area contributed by atoms with Crippen LogP contribution in [0, 0.1) is 0 Å². The molecule has 8 heteroatoms. The highest BCUT2D eigenvalue weighted by molar-refractivity contribution is 7.98. The van der Waals surface area contributed by atoms with Crippen LogP contribution in [-0.2, 0) is 30.1 Å². The van der Waals surface area contributed by atoms with E-state index in [4.69, 9.17) is 4.74 Å². The lowest BCUT2D eigenvalue weighted by Gasteiger charge is -2.19. The quantitative estimate of drug-likeness (QED) is 0.526. The first kappa shape index (κ1) is 20.8. The molecule has 0 saturated carbocycles. The summed E-state index contributed by atoms with van der Waals surface area (Å²) in [6.07, 6.45) is 4.19. The van der Waals surface area contributed by atoms with Gasteiger partial charge in [0.05, 0.1) is 24.9 Å². The van der Waals surface area contributed by atoms with Crippen molar-refractivity contribution in [1.29, 1.82) is 0 Å². The van der Waals surface area contributed by atoms with Crippen LogP contribution >= 0.6 is 11.8 Å². The Morgan fingerprint density at radius 3 is 2.80 bits per heavy atom. The lowest BCUT2D eigenvalue weighted by molar-refractivity contribution is 0.0934. The van der Waals surface area contributed by atoms with E-state index < -0.39 is 0 Å². The van der Waals surface area contributed by atoms with Gasteiger partial charge in [-0.2, -0.15) is 0 Å². The average Bonchev–Trinajstić information content (AvgIpc) is 3.40. The molecule has 0 bridgehead atoms. The van der Waals surface area contributed by atoms with Crippen LogP contribution in [0.2, 0.25) is 0 Å². The van der Waals surface area contributed by atoms with Gasteiger partial charge in [-0.1, -0.05) is 36.0 Å². The zero-order valence-corrected chi connectivity index (χ0v) is 18.0. The molecule has 1 aromatic carbocycles. The molecule has 2 aromatic heterocycles. The van der Waals surface area contributed by atoms with Crippen LogP contribution in [0.25, 0.3) is 0 Å². The first-order valence-electron chi connectivity index (χ1n) is 10.2. The van der Waals surface area contributed by atoms with Gasteiger partial charge < -0.3 is 14.4 Å². The smallest absolute Gasteiger partial charge is 0.191 e. The molecular weight excluding hydrogens is 398 g/mol. The van der Waals surface area contributed by atoms with E-state index in [9.17, 15) is 5.11 Å². The molecular formula is C22H27N5O2S. The number of aromatic hydroxyl groups is 1. The number of thioether (sulfide) groups is 1. The summed E-state index contributed by atoms with van der Waals surface area (Å²) < 4.78 is 8.06. The van der Waals surface area contributed by atoms with Gasteiger partial charge in [0.1, 0.15) is 11.6 Å². The molecule has 3 aromatic rings. The summed E-state index contributed by atoms with van der Waals surface area (Å²) in [6, 6.07) is 13.4. The fraction of sp³-hybridized carbons (Fsp3) is 0.409. The number of pyridine rings is 1. The SMILES string of the molecule is CN(Cc1ccccc1O)Cc1nnc(SCc2ccccn2)n1C[C@@H]1CCCO1. The number of ether oxygens (including phenoxy) is 1. The summed E-state index contributed by atoms with van der Waals surface area (Å²) in [6.45, 7) is 2.86. The molecule has 0 aliphatic carbocycles. The van der Waals surface area contributed by atoms with E-state index in [1.54, 1.807) is 17.8 Å². The van der Waals surface area contributed by atoms with Gasteiger partial charge in [-0.15, -0.1) is 10.2 Å². The molecule has 0 radical (unpaired) electrons. The van der Waals surface area contributed by atoms with Crippen LogP contribution in [0.3, 0.4) is 0 Å². The first-order valence-corrected chi connectivity index (χ1v) is 11.2. The van der Waals surface area contributed by atoms with Crippen LogP contribution in [0.5, 0.6) is 5.75 Å². The molecule has 1 N–H and O–H groups in total. The van der Waals surface area contributed by atoms with Crippen molar-refractivity contribution in [2.45, 2.75) is 49.5 Å². The van der Waals surface area contributed by atoms with E-state index in [0.717, 1.165) is 54.0 Å². The molecule has 1 atom stereocenters. The maximum Gasteiger partial charge on any atom is 0.191 e. The second kappa shape index (κ2) is 10.1. The fourth-order valence-electron chi connectivity index (χ4n) is 3.57. The predicted molar refractivity (Wildman–Crippen MR) is 116 cm³/mol. The average molecular weight is 426 g/mol. The third-order valence-corrected chi connectivity index (χ3v) is 6.12. The second-order valence-corrected chi connectivity index (χ2v) is 8.50. The van der Waals surface area contributed by atoms with E-state index >= 15 is 0 Å². The second-order valence-electron chi connectivity index (χ2n) is 7.56. The van der Waals surface area contributed by atoms with Crippen molar-refractivity contribution < 1.29 is 9.84 Å². The number of aromatic nitrogens is 4. The van der Waals surface area contributed by atoms with Gasteiger partial charge in [0.25, 0.3) is 0 Å². The maximum absolute atomic E-state index is 10.1. The van der Waals surface area contributed by atoms with Crippen molar-refractivity contribution in [3.05, 3.63) is 65.7 Å². The van der Waals surface area contributed by atoms with Crippen LogP contribution in [0.1, 0.15) is 29.9 Å². The van der Waals surface area contributed by atoms with E-state index in [1.807, 2.05) is 49.6 Å². The van der Waals surface area contributed by atoms with Gasteiger partial charge in [0.15, 0.2) is 5.16 Å². The highest BCUT2D eigenvalue weighted by Gasteiger charge is 2.22. The van der Waals surface area contributed by atoms with Crippen molar-refractivity contribution in [2.24, 2.45) is 0 Å². The minimum Gasteiger partial charge on any atom is -0.508 e. The molecule has 158 valence electrons. The van der Waals surface area contributed by atoms with Crippen molar-refractivity contribution in [1.82, 2.24) is 24.6 Å². The number of hydrogen-bond acceptors (Lipinski definition) is 7. The Morgan fingerprint density at radius 1 is 1.17 bits per heavy atom. The molecule has 0 amide bonds. The third kappa shape index (κ3) is 5.38. The van der Waals surface area contributed by atoms with E-state index in [0.29, 0.717) is 18.8 Å². The molecule has 0 spiro atoms. The molecule has 4 rings (SSSR count). The fourth-order valence-corrected chi connectivity index (χ4v) is 4.45. The van der Waals surface area contributed by atoms with Crippen molar-refractivity contribution in [3.63, 3.8) is 0 Å². The molecule has 0 unspecified atom stereocenters. The highest BCUT2D eigenvalue weighted by atomic mass is 32.2. The van der Waals surface area contributed by atoms with Gasteiger partial charge in [-0.3, -0.25) is 9.88 Å². The summed E-state index contributed by atoms with van der Waals surface area (Å²) in [5.74, 6) is 1.97. The normalized spacial score (nSPS) is 16.4. The number of phenols is 1. The monoisotopic (exact) mass is 425 g/mol. The van der Waals surface area contributed by atoms with Gasteiger partial charge in [0.2, 0.25) is 0 Å². The van der Waals surface area contributed by atoms with Gasteiger partial charge in [-0.05, 0) is 38.1 Å². The summed E-state index contributed by atoms with van der Waals surface area (Å²) in [4.78, 5) is 6.54. The van der Waals surface area contributed by atoms with Crippen LogP contribution in [0.4, 0.5) is 0 Å². The summed E-state index contributed by atoms with van der Waals surface area (Å²) in [5.41, 5.74) is 1.92. The molecule has 1 saturated heterocycles. The maximum atomic E-state index is 10.1. The van der Waals surface area contributed by atoms with Gasteiger partial charge in [0, 0.05) is 30.7 Å². The van der Waals surface area contributed by atoms with Crippen molar-refractivity contribution >= 4 is 11.8 Å². The zero-order chi connectivity index (χ0) is 20.8. The Hall–Kier alpha value is -2.42. The summed E-state index contributed by atoms with van der Waals surface area (Å²) in [5, 5.41) is 19.9. The Morgan fingerprint density at radius 2 is 2.03 bits per heavy atom. The Bertz CT molecular complexity index is 944. The van der Waals surface area contributed by atoms with Crippen LogP contribution < -0.4 is 0 Å². The largest absolute Gasteiger partial charge is 0.508 e. The number of para-hydroxylation sites is 1. The molecule has 3 heterocycles. The Labute approximate surface area is 181 Å². The molecule has 1 aliphatic rings. The Kier molecular flexibility index (Phi) is 6.99. The molecule has 7 nitrogen and oxygen atoms in total. The lowest BCUT2D eigenvalue weighted by Crippen LogP contribution is -2.23. The standard InChI is InChI=1S/C22H27N5O2S/c1-26(13-17-7-2-3-10-20(17)28)15-21-24-25-22(27(21)14-19-9-6-12-29-19)30-16-18-8-4-5-11-23-18/h2-5,7-8,10-11,19,28H,6,9,12-16H2,1H3/t19-/m0/s1. The highest BCUT2D eigenvalue weighted by Crippen LogP contribution is 2.25. The van der Waals surface area contributed by atoms with Crippen LogP contribution in [-0.4, -0.2) is 49.5 Å². The first-order chi connectivity index (χ1) is 14.7. The number of rotatable bonds is 9. The van der Waals surface area contributed by atoms with Gasteiger partial charge in [-0.25, -0.2) is 0 Å². The third-order valence-electron chi connectivity index (χ3n) is 5.12. The topological polar surface area (TPSA) is 76.3 Å². The number of nitrogens with zero attached hydrogens (tertiary/aromatic N) is 5. The predicted octanol–water partition coefficient (Wildman–Crippen LogP) is 3.48. The van der Waals surface area contributed by atoms with E-state index in [-0.39, 0.29) is 6.10 Å². The minimum absolute atomic E-state index is 0.206. The molecule has 30 heavy (non-hydrogen) atoms. The van der Waals surface area contributed by atoms with Crippen molar-refractivity contribution in [2.75, 3.05) is 13.7 Å². The lowest BCUT2D eigenvalue weighted by atomic mass is 10.2. The number of hydrogen-bond donors (Lipinski definition) is 1. The molecule has 1 fully saturated rings. The van der Waals surface area contributed by atoms with Gasteiger partial charge >= 0.3 is 0 Å².